The van der Waals surface area contributed by atoms with Gasteiger partial charge < -0.3 is 10.1 Å². The normalized spacial score (nSPS) is 12.3. The molecule has 0 unspecified atom stereocenters. The molecule has 0 saturated carbocycles. The van der Waals surface area contributed by atoms with Gasteiger partial charge in [0.05, 0.1) is 12.2 Å². The molecule has 0 saturated heterocycles. The molecule has 2 nitrogen and oxygen atoms in total. The van der Waals surface area contributed by atoms with E-state index in [4.69, 9.17) is 5.11 Å². The summed E-state index contributed by atoms with van der Waals surface area (Å²) in [5.74, 6) is 0. The van der Waals surface area contributed by atoms with Crippen LogP contribution in [0.5, 0.6) is 0 Å². The zero-order valence-corrected chi connectivity index (χ0v) is 7.60. The van der Waals surface area contributed by atoms with Gasteiger partial charge in [0.2, 0.25) is 0 Å². The van der Waals surface area contributed by atoms with Gasteiger partial charge in [-0.05, 0) is 23.8 Å². The van der Waals surface area contributed by atoms with Crippen LogP contribution in [0, 0.1) is 0 Å². The third kappa shape index (κ3) is 1.70. The minimum atomic E-state index is -4.39. The molecule has 2 rings (SSSR count). The number of halogens is 3. The van der Waals surface area contributed by atoms with Crippen molar-refractivity contribution in [2.45, 2.75) is 12.8 Å². The summed E-state index contributed by atoms with van der Waals surface area (Å²) >= 11 is 0. The van der Waals surface area contributed by atoms with Gasteiger partial charge in [-0.15, -0.1) is 0 Å². The maximum Gasteiger partial charge on any atom is 0.416 e. The second-order valence-corrected chi connectivity index (χ2v) is 3.23. The number of H-pyrrole nitrogens is 1. The van der Waals surface area contributed by atoms with Crippen molar-refractivity contribution in [2.75, 3.05) is 0 Å². The van der Waals surface area contributed by atoms with Gasteiger partial charge >= 0.3 is 6.18 Å². The highest BCUT2D eigenvalue weighted by Crippen LogP contribution is 2.32. The minimum Gasteiger partial charge on any atom is -0.392 e. The fourth-order valence-electron chi connectivity index (χ4n) is 1.54. The molecular formula is C10H8F3NO. The van der Waals surface area contributed by atoms with E-state index in [1.807, 2.05) is 0 Å². The zero-order valence-electron chi connectivity index (χ0n) is 7.60. The number of rotatable bonds is 1. The lowest BCUT2D eigenvalue weighted by Crippen LogP contribution is -2.05. The Morgan fingerprint density at radius 1 is 1.27 bits per heavy atom. The van der Waals surface area contributed by atoms with E-state index in [1.54, 1.807) is 12.3 Å². The number of fused-ring (bicyclic) bond motifs is 1. The van der Waals surface area contributed by atoms with Crippen molar-refractivity contribution in [2.24, 2.45) is 0 Å². The highest BCUT2D eigenvalue weighted by atomic mass is 19.4. The number of alkyl halides is 3. The summed E-state index contributed by atoms with van der Waals surface area (Å²) in [5, 5.41) is 9.58. The Kier molecular flexibility index (Phi) is 2.19. The summed E-state index contributed by atoms with van der Waals surface area (Å²) in [6.45, 7) is -0.404. The lowest BCUT2D eigenvalue weighted by Gasteiger charge is -2.08. The minimum absolute atomic E-state index is 0.279. The van der Waals surface area contributed by atoms with Crippen molar-refractivity contribution in [1.29, 1.82) is 0 Å². The molecule has 2 aromatic rings. The van der Waals surface area contributed by atoms with Crippen LogP contribution in [0.4, 0.5) is 13.2 Å². The Morgan fingerprint density at radius 3 is 2.60 bits per heavy atom. The van der Waals surface area contributed by atoms with E-state index in [9.17, 15) is 13.2 Å². The van der Waals surface area contributed by atoms with Gasteiger partial charge in [0, 0.05) is 17.1 Å². The quantitative estimate of drug-likeness (QED) is 0.753. The number of nitrogens with one attached hydrogen (secondary N) is 1. The summed E-state index contributed by atoms with van der Waals surface area (Å²) in [6, 6.07) is 3.64. The molecule has 0 radical (unpaired) electrons. The van der Waals surface area contributed by atoms with E-state index in [1.165, 1.54) is 0 Å². The maximum atomic E-state index is 12.4. The molecule has 15 heavy (non-hydrogen) atoms. The number of benzene rings is 1. The molecule has 0 aliphatic rings. The van der Waals surface area contributed by atoms with Crippen LogP contribution in [0.2, 0.25) is 0 Å². The molecule has 2 N–H and O–H groups in total. The van der Waals surface area contributed by atoms with Crippen LogP contribution in [0.15, 0.2) is 24.4 Å². The summed E-state index contributed by atoms with van der Waals surface area (Å²) in [7, 11) is 0. The van der Waals surface area contributed by atoms with Gasteiger partial charge in [0.15, 0.2) is 0 Å². The highest BCUT2D eigenvalue weighted by Gasteiger charge is 2.31. The second-order valence-electron chi connectivity index (χ2n) is 3.23. The average molecular weight is 215 g/mol. The van der Waals surface area contributed by atoms with E-state index < -0.39 is 18.3 Å². The van der Waals surface area contributed by atoms with Crippen LogP contribution in [0.1, 0.15) is 11.1 Å². The molecule has 0 spiro atoms. The summed E-state index contributed by atoms with van der Waals surface area (Å²) < 4.78 is 37.3. The summed E-state index contributed by atoms with van der Waals surface area (Å²) in [6.07, 6.45) is -2.84. The third-order valence-electron chi connectivity index (χ3n) is 2.25. The standard InChI is InChI=1S/C10H8F3NO/c11-10(12,13)7-3-6(5-15)8-1-2-14-9(8)4-7/h1-4,14-15H,5H2. The van der Waals surface area contributed by atoms with Crippen LogP contribution < -0.4 is 0 Å². The molecule has 80 valence electrons. The van der Waals surface area contributed by atoms with Crippen molar-refractivity contribution in [3.8, 4) is 0 Å². The largest absolute Gasteiger partial charge is 0.416 e. The number of hydrogen-bond acceptors (Lipinski definition) is 1. The monoisotopic (exact) mass is 215 g/mol. The molecule has 1 aromatic carbocycles. The molecule has 0 atom stereocenters. The van der Waals surface area contributed by atoms with Crippen LogP contribution in [-0.4, -0.2) is 10.1 Å². The van der Waals surface area contributed by atoms with Crippen molar-refractivity contribution < 1.29 is 18.3 Å². The molecule has 0 fully saturated rings. The SMILES string of the molecule is OCc1cc(C(F)(F)F)cc2[nH]ccc12. The fraction of sp³-hybridized carbons (Fsp3) is 0.200. The van der Waals surface area contributed by atoms with Gasteiger partial charge in [-0.2, -0.15) is 13.2 Å². The van der Waals surface area contributed by atoms with E-state index in [0.29, 0.717) is 10.9 Å². The Hall–Kier alpha value is -1.49. The van der Waals surface area contributed by atoms with Gasteiger partial charge in [-0.25, -0.2) is 0 Å². The Labute approximate surface area is 83.3 Å². The maximum absolute atomic E-state index is 12.4. The smallest absolute Gasteiger partial charge is 0.392 e. The first-order valence-corrected chi connectivity index (χ1v) is 4.30. The van der Waals surface area contributed by atoms with E-state index in [0.717, 1.165) is 12.1 Å². The lowest BCUT2D eigenvalue weighted by atomic mass is 10.1. The van der Waals surface area contributed by atoms with Crippen molar-refractivity contribution >= 4 is 10.9 Å². The fourth-order valence-corrected chi connectivity index (χ4v) is 1.54. The lowest BCUT2D eigenvalue weighted by molar-refractivity contribution is -0.137. The predicted molar refractivity (Wildman–Crippen MR) is 49.2 cm³/mol. The molecule has 1 aromatic heterocycles. The zero-order chi connectivity index (χ0) is 11.1. The molecular weight excluding hydrogens is 207 g/mol. The Morgan fingerprint density at radius 2 is 2.00 bits per heavy atom. The van der Waals surface area contributed by atoms with E-state index in [-0.39, 0.29) is 5.56 Å². The van der Waals surface area contributed by atoms with E-state index >= 15 is 0 Å². The van der Waals surface area contributed by atoms with Crippen molar-refractivity contribution in [3.05, 3.63) is 35.5 Å². The first-order valence-electron chi connectivity index (χ1n) is 4.30. The molecule has 0 bridgehead atoms. The number of aliphatic hydroxyl groups is 1. The van der Waals surface area contributed by atoms with Crippen LogP contribution in [-0.2, 0) is 12.8 Å². The topological polar surface area (TPSA) is 36.0 Å². The second kappa shape index (κ2) is 3.27. The first kappa shape index (κ1) is 10.0. The van der Waals surface area contributed by atoms with Crippen molar-refractivity contribution in [3.63, 3.8) is 0 Å². The predicted octanol–water partition coefficient (Wildman–Crippen LogP) is 2.68. The van der Waals surface area contributed by atoms with Crippen LogP contribution >= 0.6 is 0 Å². The molecule has 0 amide bonds. The van der Waals surface area contributed by atoms with Gasteiger partial charge in [0.1, 0.15) is 0 Å². The number of aromatic nitrogens is 1. The summed E-state index contributed by atoms with van der Waals surface area (Å²) in [5.41, 5.74) is -0.0866. The van der Waals surface area contributed by atoms with Gasteiger partial charge in [-0.1, -0.05) is 0 Å². The number of hydrogen-bond donors (Lipinski definition) is 2. The molecule has 0 aliphatic heterocycles. The third-order valence-corrected chi connectivity index (χ3v) is 2.25. The van der Waals surface area contributed by atoms with Gasteiger partial charge in [0.25, 0.3) is 0 Å². The molecule has 1 heterocycles. The number of aliphatic hydroxyl groups excluding tert-OH is 1. The first-order chi connectivity index (χ1) is 7.02. The highest BCUT2D eigenvalue weighted by molar-refractivity contribution is 5.83. The average Bonchev–Trinajstić information content (AvgIpc) is 2.62. The van der Waals surface area contributed by atoms with E-state index in [2.05, 4.69) is 4.98 Å². The molecule has 5 heteroatoms. The summed E-state index contributed by atoms with van der Waals surface area (Å²) in [4.78, 5) is 2.70. The van der Waals surface area contributed by atoms with Crippen molar-refractivity contribution in [1.82, 2.24) is 4.98 Å². The molecule has 0 aliphatic carbocycles. The van der Waals surface area contributed by atoms with Gasteiger partial charge in [-0.3, -0.25) is 0 Å². The van der Waals surface area contributed by atoms with Crippen LogP contribution in [0.3, 0.4) is 0 Å². The Bertz CT molecular complexity index is 487. The van der Waals surface area contributed by atoms with Crippen LogP contribution in [0.25, 0.3) is 10.9 Å². The number of aromatic amines is 1. The Balaban J connectivity index is 2.69.